The molecule has 2 heterocycles. The molecule has 0 unspecified atom stereocenters. The van der Waals surface area contributed by atoms with E-state index in [9.17, 15) is 19.2 Å². The third kappa shape index (κ3) is 6.04. The van der Waals surface area contributed by atoms with Crippen molar-refractivity contribution in [3.05, 3.63) is 69.1 Å². The average Bonchev–Trinajstić information content (AvgIpc) is 3.11. The lowest BCUT2D eigenvalue weighted by molar-refractivity contribution is -0.136. The van der Waals surface area contributed by atoms with Crippen LogP contribution in [0.3, 0.4) is 0 Å². The van der Waals surface area contributed by atoms with Crippen LogP contribution < -0.4 is 4.74 Å². The number of hydrogen-bond acceptors (Lipinski definition) is 6. The molecule has 0 spiro atoms. The Balaban J connectivity index is 1.40. The van der Waals surface area contributed by atoms with Gasteiger partial charge in [-0.1, -0.05) is 29.8 Å². The molecule has 4 rings (SSSR count). The summed E-state index contributed by atoms with van der Waals surface area (Å²) in [5.41, 5.74) is 1.44. The van der Waals surface area contributed by atoms with Crippen LogP contribution in [0.4, 0.5) is 4.79 Å². The number of halogens is 1. The van der Waals surface area contributed by atoms with Crippen molar-refractivity contribution in [3.8, 4) is 5.75 Å². The van der Waals surface area contributed by atoms with Gasteiger partial charge in [-0.15, -0.1) is 0 Å². The van der Waals surface area contributed by atoms with Crippen LogP contribution in [0, 0.1) is 0 Å². The minimum Gasteiger partial charge on any atom is -0.487 e. The molecule has 2 fully saturated rings. The SMILES string of the molecule is O=C(O)c1cccc(COc2ccc(/C=C3\SC(=O)N(CC(=O)N4CCCCC4)C3=O)cc2Cl)c1. The van der Waals surface area contributed by atoms with Gasteiger partial charge in [0, 0.05) is 13.1 Å². The summed E-state index contributed by atoms with van der Waals surface area (Å²) in [5.74, 6) is -1.34. The summed E-state index contributed by atoms with van der Waals surface area (Å²) in [6.07, 6.45) is 4.51. The molecule has 0 atom stereocenters. The van der Waals surface area contributed by atoms with Crippen LogP contribution in [0.2, 0.25) is 5.02 Å². The molecule has 2 aliphatic rings. The highest BCUT2D eigenvalue weighted by atomic mass is 35.5. The van der Waals surface area contributed by atoms with Crippen molar-refractivity contribution >= 4 is 52.5 Å². The zero-order valence-electron chi connectivity index (χ0n) is 18.7. The molecule has 2 aromatic carbocycles. The van der Waals surface area contributed by atoms with Crippen molar-refractivity contribution in [2.45, 2.75) is 25.9 Å². The van der Waals surface area contributed by atoms with Crippen LogP contribution in [-0.2, 0) is 16.2 Å². The molecule has 0 aromatic heterocycles. The number of amides is 3. The third-order valence-corrected chi connectivity index (χ3v) is 6.90. The molecule has 0 radical (unpaired) electrons. The molecule has 2 aliphatic heterocycles. The first-order chi connectivity index (χ1) is 16.8. The number of imide groups is 1. The fourth-order valence-electron chi connectivity index (χ4n) is 3.85. The van der Waals surface area contributed by atoms with Crippen molar-refractivity contribution in [1.82, 2.24) is 9.80 Å². The molecule has 1 N–H and O–H groups in total. The lowest BCUT2D eigenvalue weighted by Gasteiger charge is -2.27. The first-order valence-electron chi connectivity index (χ1n) is 11.1. The second-order valence-corrected chi connectivity index (χ2v) is 9.59. The van der Waals surface area contributed by atoms with Crippen molar-refractivity contribution in [2.24, 2.45) is 0 Å². The van der Waals surface area contributed by atoms with Crippen LogP contribution in [0.5, 0.6) is 5.75 Å². The van der Waals surface area contributed by atoms with E-state index in [-0.39, 0.29) is 29.5 Å². The smallest absolute Gasteiger partial charge is 0.335 e. The number of aromatic carboxylic acids is 1. The van der Waals surface area contributed by atoms with Gasteiger partial charge in [0.2, 0.25) is 5.91 Å². The molecule has 8 nitrogen and oxygen atoms in total. The number of hydrogen-bond donors (Lipinski definition) is 1. The van der Waals surface area contributed by atoms with Crippen molar-refractivity contribution in [3.63, 3.8) is 0 Å². The number of ether oxygens (including phenoxy) is 1. The Morgan fingerprint density at radius 3 is 2.57 bits per heavy atom. The highest BCUT2D eigenvalue weighted by Gasteiger charge is 2.37. The van der Waals surface area contributed by atoms with E-state index >= 15 is 0 Å². The van der Waals surface area contributed by atoms with Gasteiger partial charge in [0.05, 0.1) is 15.5 Å². The number of carboxylic acids is 1. The van der Waals surface area contributed by atoms with Gasteiger partial charge in [-0.25, -0.2) is 4.79 Å². The Morgan fingerprint density at radius 2 is 1.86 bits per heavy atom. The van der Waals surface area contributed by atoms with E-state index in [1.807, 2.05) is 0 Å². The van der Waals surface area contributed by atoms with Crippen LogP contribution in [-0.4, -0.2) is 57.6 Å². The molecule has 2 saturated heterocycles. The van der Waals surface area contributed by atoms with E-state index in [4.69, 9.17) is 21.4 Å². The monoisotopic (exact) mass is 514 g/mol. The summed E-state index contributed by atoms with van der Waals surface area (Å²) < 4.78 is 5.72. The summed E-state index contributed by atoms with van der Waals surface area (Å²) in [4.78, 5) is 51.7. The third-order valence-electron chi connectivity index (χ3n) is 5.70. The Morgan fingerprint density at radius 1 is 1.09 bits per heavy atom. The number of likely N-dealkylation sites (tertiary alicyclic amines) is 1. The quantitative estimate of drug-likeness (QED) is 0.535. The molecule has 2 aromatic rings. The number of benzene rings is 2. The van der Waals surface area contributed by atoms with Gasteiger partial charge in [-0.2, -0.15) is 0 Å². The number of carbonyl (C=O) groups excluding carboxylic acids is 3. The van der Waals surface area contributed by atoms with Crippen LogP contribution >= 0.6 is 23.4 Å². The van der Waals surface area contributed by atoms with Gasteiger partial charge in [-0.3, -0.25) is 19.3 Å². The lowest BCUT2D eigenvalue weighted by atomic mass is 10.1. The van der Waals surface area contributed by atoms with Gasteiger partial charge in [0.15, 0.2) is 0 Å². The van der Waals surface area contributed by atoms with Gasteiger partial charge >= 0.3 is 5.97 Å². The first-order valence-corrected chi connectivity index (χ1v) is 12.3. The maximum absolute atomic E-state index is 12.8. The van der Waals surface area contributed by atoms with Gasteiger partial charge < -0.3 is 14.7 Å². The van der Waals surface area contributed by atoms with E-state index in [1.54, 1.807) is 41.3 Å². The number of rotatable bonds is 7. The average molecular weight is 515 g/mol. The van der Waals surface area contributed by atoms with Crippen molar-refractivity contribution in [1.29, 1.82) is 0 Å². The Labute approximate surface area is 211 Å². The van der Waals surface area contributed by atoms with Crippen molar-refractivity contribution in [2.75, 3.05) is 19.6 Å². The summed E-state index contributed by atoms with van der Waals surface area (Å²) in [6, 6.07) is 11.4. The number of nitrogens with zero attached hydrogens (tertiary/aromatic N) is 2. The van der Waals surface area contributed by atoms with Gasteiger partial charge in [0.1, 0.15) is 18.9 Å². The Kier molecular flexibility index (Phi) is 7.77. The number of piperidine rings is 1. The second kappa shape index (κ2) is 11.0. The lowest BCUT2D eigenvalue weighted by Crippen LogP contribution is -2.44. The number of thioether (sulfide) groups is 1. The predicted octanol–water partition coefficient (Wildman–Crippen LogP) is 4.67. The minimum absolute atomic E-state index is 0.129. The predicted molar refractivity (Wildman–Crippen MR) is 132 cm³/mol. The zero-order chi connectivity index (χ0) is 24.9. The summed E-state index contributed by atoms with van der Waals surface area (Å²) in [7, 11) is 0. The fourth-order valence-corrected chi connectivity index (χ4v) is 4.93. The molecular formula is C25H23ClN2O6S. The van der Waals surface area contributed by atoms with Crippen LogP contribution in [0.25, 0.3) is 6.08 Å². The molecular weight excluding hydrogens is 492 g/mol. The summed E-state index contributed by atoms with van der Waals surface area (Å²) >= 11 is 7.14. The molecule has 3 amide bonds. The normalized spacial score (nSPS) is 17.2. The first kappa shape index (κ1) is 24.8. The second-order valence-electron chi connectivity index (χ2n) is 8.19. The number of carbonyl (C=O) groups is 4. The van der Waals surface area contributed by atoms with Gasteiger partial charge in [-0.05, 0) is 72.5 Å². The van der Waals surface area contributed by atoms with Crippen LogP contribution in [0.15, 0.2) is 47.4 Å². The molecule has 10 heteroatoms. The van der Waals surface area contributed by atoms with E-state index in [0.29, 0.717) is 35.0 Å². The Hall–Kier alpha value is -3.30. The molecule has 35 heavy (non-hydrogen) atoms. The zero-order valence-corrected chi connectivity index (χ0v) is 20.3. The standard InChI is InChI=1S/C25H23ClN2O6S/c26-19-12-16(7-8-20(19)34-15-17-5-4-6-18(11-17)24(31)32)13-21-23(30)28(25(33)35-21)14-22(29)27-9-2-1-3-10-27/h4-8,11-13H,1-3,9-10,14-15H2,(H,31,32)/b21-13-. The molecule has 0 saturated carbocycles. The van der Waals surface area contributed by atoms with Crippen molar-refractivity contribution < 1.29 is 29.0 Å². The summed E-state index contributed by atoms with van der Waals surface area (Å²) in [6.45, 7) is 1.19. The Bertz CT molecular complexity index is 1210. The maximum Gasteiger partial charge on any atom is 0.335 e. The highest BCUT2D eigenvalue weighted by Crippen LogP contribution is 2.34. The van der Waals surface area contributed by atoms with Gasteiger partial charge in [0.25, 0.3) is 11.1 Å². The van der Waals surface area contributed by atoms with E-state index in [2.05, 4.69) is 0 Å². The highest BCUT2D eigenvalue weighted by molar-refractivity contribution is 8.18. The summed E-state index contributed by atoms with van der Waals surface area (Å²) in [5, 5.41) is 8.93. The van der Waals surface area contributed by atoms with E-state index in [1.165, 1.54) is 12.1 Å². The number of carboxylic acid groups (broad SMARTS) is 1. The fraction of sp³-hybridized carbons (Fsp3) is 0.280. The van der Waals surface area contributed by atoms with E-state index < -0.39 is 17.1 Å². The van der Waals surface area contributed by atoms with Crippen LogP contribution in [0.1, 0.15) is 40.7 Å². The molecule has 0 aliphatic carbocycles. The largest absolute Gasteiger partial charge is 0.487 e. The molecule has 182 valence electrons. The molecule has 0 bridgehead atoms. The topological polar surface area (TPSA) is 104 Å². The maximum atomic E-state index is 12.8. The minimum atomic E-state index is -1.02. The van der Waals surface area contributed by atoms with E-state index in [0.717, 1.165) is 35.9 Å².